The Morgan fingerprint density at radius 3 is 2.69 bits per heavy atom. The highest BCUT2D eigenvalue weighted by molar-refractivity contribution is 7.10. The van der Waals surface area contributed by atoms with Crippen LogP contribution in [0.5, 0.6) is 0 Å². The highest BCUT2D eigenvalue weighted by Gasteiger charge is 2.25. The summed E-state index contributed by atoms with van der Waals surface area (Å²) in [6, 6.07) is 11.0. The number of carbonyl (C=O) groups is 2. The molecule has 3 aromatic rings. The quantitative estimate of drug-likeness (QED) is 0.599. The molecule has 7 nitrogen and oxygen atoms in total. The summed E-state index contributed by atoms with van der Waals surface area (Å²) in [6.07, 6.45) is 2.79. The van der Waals surface area contributed by atoms with Crippen LogP contribution in [0.2, 0.25) is 0 Å². The molecule has 2 heterocycles. The van der Waals surface area contributed by atoms with Crippen LogP contribution in [0.3, 0.4) is 0 Å². The smallest absolute Gasteiger partial charge is 0.270 e. The summed E-state index contributed by atoms with van der Waals surface area (Å²) in [5.74, 6) is -0.260. The van der Waals surface area contributed by atoms with Crippen LogP contribution in [0.25, 0.3) is 0 Å². The molecule has 0 aliphatic heterocycles. The van der Waals surface area contributed by atoms with Gasteiger partial charge in [0.2, 0.25) is 0 Å². The molecule has 32 heavy (non-hydrogen) atoms. The van der Waals surface area contributed by atoms with Crippen molar-refractivity contribution >= 4 is 23.2 Å². The van der Waals surface area contributed by atoms with Gasteiger partial charge in [0.05, 0.1) is 17.7 Å². The first kappa shape index (κ1) is 21.7. The summed E-state index contributed by atoms with van der Waals surface area (Å²) in [5, 5.41) is 16.9. The Morgan fingerprint density at radius 1 is 1.19 bits per heavy atom. The summed E-state index contributed by atoms with van der Waals surface area (Å²) in [5.41, 5.74) is 4.04. The topological polar surface area (TPSA) is 108 Å². The molecular formula is C24H23N5O2S. The summed E-state index contributed by atoms with van der Waals surface area (Å²) in [7, 11) is 0. The second-order valence-electron chi connectivity index (χ2n) is 8.07. The van der Waals surface area contributed by atoms with Crippen molar-refractivity contribution < 1.29 is 9.59 Å². The van der Waals surface area contributed by atoms with Crippen molar-refractivity contribution in [1.29, 1.82) is 5.26 Å². The van der Waals surface area contributed by atoms with Crippen LogP contribution in [0, 0.1) is 11.3 Å². The van der Waals surface area contributed by atoms with E-state index in [0.717, 1.165) is 29.5 Å². The van der Waals surface area contributed by atoms with Gasteiger partial charge in [0.1, 0.15) is 17.7 Å². The molecule has 1 aliphatic rings. The van der Waals surface area contributed by atoms with E-state index in [-0.39, 0.29) is 29.2 Å². The number of benzene rings is 1. The lowest BCUT2D eigenvalue weighted by atomic mass is 10.1. The van der Waals surface area contributed by atoms with Crippen molar-refractivity contribution in [3.8, 4) is 6.07 Å². The molecule has 162 valence electrons. The molecule has 8 heteroatoms. The van der Waals surface area contributed by atoms with Crippen molar-refractivity contribution in [3.05, 3.63) is 80.6 Å². The number of fused-ring (bicyclic) bond motifs is 1. The number of hydrogen-bond donors (Lipinski definition) is 2. The zero-order valence-electron chi connectivity index (χ0n) is 17.9. The molecule has 2 aromatic heterocycles. The van der Waals surface area contributed by atoms with Crippen LogP contribution < -0.4 is 10.6 Å². The van der Waals surface area contributed by atoms with Gasteiger partial charge >= 0.3 is 0 Å². The SMILES string of the molecule is CC(C)c1cc(CNC(=O)c2cc(C(=O)N[C@@H]3CCc4cc(C#N)ccc43)ncn2)cs1. The lowest BCUT2D eigenvalue weighted by Gasteiger charge is -2.14. The van der Waals surface area contributed by atoms with Gasteiger partial charge in [-0.05, 0) is 59.0 Å². The predicted octanol–water partition coefficient (Wildman–Crippen LogP) is 3.88. The van der Waals surface area contributed by atoms with Gasteiger partial charge in [-0.3, -0.25) is 9.59 Å². The van der Waals surface area contributed by atoms with Gasteiger partial charge in [0.15, 0.2) is 0 Å². The number of thiophene rings is 1. The van der Waals surface area contributed by atoms with Crippen LogP contribution in [0.15, 0.2) is 42.0 Å². The molecule has 0 fully saturated rings. The Bertz CT molecular complexity index is 1210. The van der Waals surface area contributed by atoms with Gasteiger partial charge in [0, 0.05) is 17.5 Å². The van der Waals surface area contributed by atoms with E-state index in [2.05, 4.69) is 46.6 Å². The average molecular weight is 446 g/mol. The average Bonchev–Trinajstić information content (AvgIpc) is 3.44. The fraction of sp³-hybridized carbons (Fsp3) is 0.292. The van der Waals surface area contributed by atoms with E-state index in [4.69, 9.17) is 5.26 Å². The third-order valence-electron chi connectivity index (χ3n) is 5.48. The first-order chi connectivity index (χ1) is 15.4. The maximum Gasteiger partial charge on any atom is 0.270 e. The molecule has 0 radical (unpaired) electrons. The van der Waals surface area contributed by atoms with Gasteiger partial charge in [-0.25, -0.2) is 9.97 Å². The van der Waals surface area contributed by atoms with E-state index in [0.29, 0.717) is 18.0 Å². The molecule has 0 bridgehead atoms. The van der Waals surface area contributed by atoms with Gasteiger partial charge < -0.3 is 10.6 Å². The molecule has 0 spiro atoms. The van der Waals surface area contributed by atoms with E-state index < -0.39 is 0 Å². The zero-order valence-corrected chi connectivity index (χ0v) is 18.7. The highest BCUT2D eigenvalue weighted by atomic mass is 32.1. The molecule has 0 unspecified atom stereocenters. The van der Waals surface area contributed by atoms with Gasteiger partial charge in [0.25, 0.3) is 11.8 Å². The van der Waals surface area contributed by atoms with Crippen molar-refractivity contribution in [2.24, 2.45) is 0 Å². The molecule has 1 aromatic carbocycles. The molecule has 2 N–H and O–H groups in total. The van der Waals surface area contributed by atoms with Crippen molar-refractivity contribution in [3.63, 3.8) is 0 Å². The lowest BCUT2D eigenvalue weighted by Crippen LogP contribution is -2.29. The Kier molecular flexibility index (Phi) is 6.28. The molecule has 2 amide bonds. The Morgan fingerprint density at radius 2 is 1.97 bits per heavy atom. The third kappa shape index (κ3) is 4.68. The largest absolute Gasteiger partial charge is 0.347 e. The maximum absolute atomic E-state index is 12.8. The molecule has 0 saturated heterocycles. The van der Waals surface area contributed by atoms with Gasteiger partial charge in [-0.2, -0.15) is 5.26 Å². The maximum atomic E-state index is 12.8. The fourth-order valence-electron chi connectivity index (χ4n) is 3.74. The van der Waals surface area contributed by atoms with Crippen molar-refractivity contribution in [2.45, 2.75) is 45.2 Å². The minimum atomic E-state index is -0.358. The second-order valence-corrected chi connectivity index (χ2v) is 9.02. The van der Waals surface area contributed by atoms with Crippen LogP contribution in [-0.2, 0) is 13.0 Å². The minimum absolute atomic E-state index is 0.143. The number of aryl methyl sites for hydroxylation is 1. The van der Waals surface area contributed by atoms with Crippen LogP contribution in [0.1, 0.15) is 80.3 Å². The number of nitrogens with zero attached hydrogens (tertiary/aromatic N) is 3. The van der Waals surface area contributed by atoms with Crippen molar-refractivity contribution in [1.82, 2.24) is 20.6 Å². The monoisotopic (exact) mass is 445 g/mol. The normalized spacial score (nSPS) is 14.6. The summed E-state index contributed by atoms with van der Waals surface area (Å²) >= 11 is 1.68. The summed E-state index contributed by atoms with van der Waals surface area (Å²) in [4.78, 5) is 34.7. The molecule has 4 rings (SSSR count). The first-order valence-electron chi connectivity index (χ1n) is 10.5. The number of nitriles is 1. The highest BCUT2D eigenvalue weighted by Crippen LogP contribution is 2.31. The number of hydrogen-bond acceptors (Lipinski definition) is 6. The summed E-state index contributed by atoms with van der Waals surface area (Å²) < 4.78 is 0. The summed E-state index contributed by atoms with van der Waals surface area (Å²) in [6.45, 7) is 4.67. The number of amides is 2. The van der Waals surface area contributed by atoms with E-state index in [1.54, 1.807) is 17.4 Å². The van der Waals surface area contributed by atoms with E-state index in [1.807, 2.05) is 17.5 Å². The standard InChI is InChI=1S/C24H23N5O2S/c1-14(2)22-8-16(12-32-22)11-26-23(30)20-9-21(28-13-27-20)24(31)29-19-6-4-17-7-15(10-25)3-5-18(17)19/h3,5,7-9,12-14,19H,4,6,11H2,1-2H3,(H,26,30)(H,29,31)/t19-/m1/s1. The van der Waals surface area contributed by atoms with E-state index in [9.17, 15) is 9.59 Å². The Balaban J connectivity index is 1.40. The number of aromatic nitrogens is 2. The zero-order chi connectivity index (χ0) is 22.7. The Hall–Kier alpha value is -3.57. The minimum Gasteiger partial charge on any atom is -0.347 e. The molecule has 1 atom stereocenters. The first-order valence-corrected chi connectivity index (χ1v) is 11.3. The van der Waals surface area contributed by atoms with Gasteiger partial charge in [-0.1, -0.05) is 19.9 Å². The molecule has 1 aliphatic carbocycles. The third-order valence-corrected chi connectivity index (χ3v) is 6.77. The van der Waals surface area contributed by atoms with E-state index >= 15 is 0 Å². The number of carbonyl (C=O) groups excluding carboxylic acids is 2. The molecule has 0 saturated carbocycles. The lowest BCUT2D eigenvalue weighted by molar-refractivity contribution is 0.0931. The fourth-order valence-corrected chi connectivity index (χ4v) is 4.67. The predicted molar refractivity (Wildman–Crippen MR) is 121 cm³/mol. The van der Waals surface area contributed by atoms with Crippen LogP contribution in [0.4, 0.5) is 0 Å². The van der Waals surface area contributed by atoms with E-state index in [1.165, 1.54) is 17.3 Å². The second kappa shape index (κ2) is 9.28. The number of nitrogens with one attached hydrogen (secondary N) is 2. The van der Waals surface area contributed by atoms with Crippen LogP contribution >= 0.6 is 11.3 Å². The van der Waals surface area contributed by atoms with Crippen LogP contribution in [-0.4, -0.2) is 21.8 Å². The van der Waals surface area contributed by atoms with Crippen molar-refractivity contribution in [2.75, 3.05) is 0 Å². The Labute approximate surface area is 190 Å². The molecular weight excluding hydrogens is 422 g/mol. The number of rotatable bonds is 6. The van der Waals surface area contributed by atoms with Gasteiger partial charge in [-0.15, -0.1) is 11.3 Å².